The summed E-state index contributed by atoms with van der Waals surface area (Å²) in [5, 5.41) is 5.73. The summed E-state index contributed by atoms with van der Waals surface area (Å²) >= 11 is 0. The minimum atomic E-state index is -3.78. The summed E-state index contributed by atoms with van der Waals surface area (Å²) in [7, 11) is -3.78. The summed E-state index contributed by atoms with van der Waals surface area (Å²) in [6.07, 6.45) is 3.49. The molecule has 0 radical (unpaired) electrons. The molecule has 1 saturated heterocycles. The first kappa shape index (κ1) is 26.1. The Hall–Kier alpha value is -2.98. The summed E-state index contributed by atoms with van der Waals surface area (Å²) in [6.45, 7) is 11.1. The standard InChI is InChI=1S/C26H35N5O4S/c1-18(32)27-11-12-29-24-16-21(7-10-28-24)36(33,34)20-5-6-23-22(15-20)30-25(26(2,3)4)31(23)17-19-8-13-35-14-9-19/h5-7,10,15-16,19H,8-9,11-14,17H2,1-4H3,(H,27,32)(H,28,29). The number of aromatic nitrogens is 3. The third-order valence-corrected chi connectivity index (χ3v) is 8.08. The summed E-state index contributed by atoms with van der Waals surface area (Å²) in [4.78, 5) is 20.5. The largest absolute Gasteiger partial charge is 0.381 e. The Kier molecular flexibility index (Phi) is 7.65. The van der Waals surface area contributed by atoms with Crippen molar-refractivity contribution >= 4 is 32.6 Å². The lowest BCUT2D eigenvalue weighted by molar-refractivity contribution is -0.118. The predicted octanol–water partition coefficient (Wildman–Crippen LogP) is 3.54. The zero-order valence-electron chi connectivity index (χ0n) is 21.4. The average Bonchev–Trinajstić information content (AvgIpc) is 3.21. The third-order valence-electron chi connectivity index (χ3n) is 6.33. The van der Waals surface area contributed by atoms with Gasteiger partial charge in [0.1, 0.15) is 11.6 Å². The highest BCUT2D eigenvalue weighted by Crippen LogP contribution is 2.31. The molecule has 0 aliphatic carbocycles. The minimum Gasteiger partial charge on any atom is -0.381 e. The lowest BCUT2D eigenvalue weighted by Gasteiger charge is -2.26. The Morgan fingerprint density at radius 2 is 1.83 bits per heavy atom. The molecule has 0 saturated carbocycles. The molecule has 3 aromatic rings. The third kappa shape index (κ3) is 5.87. The molecular formula is C26H35N5O4S. The van der Waals surface area contributed by atoms with Gasteiger partial charge in [-0.25, -0.2) is 18.4 Å². The highest BCUT2D eigenvalue weighted by Gasteiger charge is 2.27. The van der Waals surface area contributed by atoms with Crippen LogP contribution in [0.1, 0.15) is 46.4 Å². The number of nitrogens with one attached hydrogen (secondary N) is 2. The van der Waals surface area contributed by atoms with Crippen LogP contribution in [0.2, 0.25) is 0 Å². The van der Waals surface area contributed by atoms with Gasteiger partial charge in [0, 0.05) is 51.4 Å². The lowest BCUT2D eigenvalue weighted by Crippen LogP contribution is -2.26. The highest BCUT2D eigenvalue weighted by molar-refractivity contribution is 7.91. The van der Waals surface area contributed by atoms with Gasteiger partial charge in [-0.05, 0) is 49.1 Å². The monoisotopic (exact) mass is 513 g/mol. The predicted molar refractivity (Wildman–Crippen MR) is 139 cm³/mol. The van der Waals surface area contributed by atoms with Crippen LogP contribution in [0.15, 0.2) is 46.3 Å². The molecule has 194 valence electrons. The summed E-state index contributed by atoms with van der Waals surface area (Å²) in [6, 6.07) is 8.21. The fraction of sp³-hybridized carbons (Fsp3) is 0.500. The van der Waals surface area contributed by atoms with Gasteiger partial charge in [0.25, 0.3) is 0 Å². The van der Waals surface area contributed by atoms with Gasteiger partial charge in [-0.15, -0.1) is 0 Å². The second-order valence-electron chi connectivity index (χ2n) is 10.3. The van der Waals surface area contributed by atoms with Crippen LogP contribution < -0.4 is 10.6 Å². The molecule has 36 heavy (non-hydrogen) atoms. The number of amides is 1. The van der Waals surface area contributed by atoms with Crippen LogP contribution in [0, 0.1) is 5.92 Å². The minimum absolute atomic E-state index is 0.124. The molecule has 1 aliphatic heterocycles. The van der Waals surface area contributed by atoms with E-state index in [2.05, 4.69) is 41.0 Å². The van der Waals surface area contributed by atoms with Crippen molar-refractivity contribution in [3.05, 3.63) is 42.4 Å². The lowest BCUT2D eigenvalue weighted by atomic mass is 9.94. The smallest absolute Gasteiger partial charge is 0.216 e. The van der Waals surface area contributed by atoms with Crippen LogP contribution >= 0.6 is 0 Å². The number of benzene rings is 1. The SMILES string of the molecule is CC(=O)NCCNc1cc(S(=O)(=O)c2ccc3c(c2)nc(C(C)(C)C)n3CC2CCOCC2)ccn1. The van der Waals surface area contributed by atoms with Gasteiger partial charge >= 0.3 is 0 Å². The van der Waals surface area contributed by atoms with Crippen molar-refractivity contribution < 1.29 is 17.9 Å². The maximum atomic E-state index is 13.5. The van der Waals surface area contributed by atoms with Gasteiger partial charge in [-0.1, -0.05) is 20.8 Å². The number of hydrogen-bond acceptors (Lipinski definition) is 7. The number of imidazole rings is 1. The number of ether oxygens (including phenoxy) is 1. The van der Waals surface area contributed by atoms with Gasteiger partial charge in [0.05, 0.1) is 20.8 Å². The second kappa shape index (κ2) is 10.6. The van der Waals surface area contributed by atoms with Gasteiger partial charge in [-0.3, -0.25) is 4.79 Å². The summed E-state index contributed by atoms with van der Waals surface area (Å²) < 4.78 is 34.8. The van der Waals surface area contributed by atoms with Crippen LogP contribution in [0.3, 0.4) is 0 Å². The zero-order valence-corrected chi connectivity index (χ0v) is 22.2. The molecule has 10 heteroatoms. The number of pyridine rings is 1. The fourth-order valence-electron chi connectivity index (χ4n) is 4.46. The van der Waals surface area contributed by atoms with E-state index in [1.807, 2.05) is 6.07 Å². The zero-order chi connectivity index (χ0) is 25.9. The van der Waals surface area contributed by atoms with Crippen molar-refractivity contribution in [3.63, 3.8) is 0 Å². The molecule has 1 amide bonds. The molecule has 0 atom stereocenters. The Labute approximate surface area is 212 Å². The number of sulfone groups is 1. The number of carbonyl (C=O) groups excluding carboxylic acids is 1. The Balaban J connectivity index is 1.64. The Morgan fingerprint density at radius 1 is 1.11 bits per heavy atom. The van der Waals surface area contributed by atoms with Crippen molar-refractivity contribution in [3.8, 4) is 0 Å². The van der Waals surface area contributed by atoms with E-state index in [0.29, 0.717) is 30.3 Å². The van der Waals surface area contributed by atoms with Crippen molar-refractivity contribution in [2.75, 3.05) is 31.6 Å². The molecule has 4 rings (SSSR count). The normalized spacial score (nSPS) is 15.2. The van der Waals surface area contributed by atoms with Gasteiger partial charge in [0.2, 0.25) is 15.7 Å². The number of rotatable bonds is 8. The van der Waals surface area contributed by atoms with Crippen LogP contribution in [0.5, 0.6) is 0 Å². The van der Waals surface area contributed by atoms with Crippen LogP contribution in [-0.4, -0.2) is 55.2 Å². The van der Waals surface area contributed by atoms with E-state index >= 15 is 0 Å². The van der Waals surface area contributed by atoms with E-state index in [1.165, 1.54) is 25.3 Å². The van der Waals surface area contributed by atoms with E-state index in [9.17, 15) is 13.2 Å². The van der Waals surface area contributed by atoms with Crippen molar-refractivity contribution in [2.24, 2.45) is 5.92 Å². The molecule has 1 aromatic carbocycles. The van der Waals surface area contributed by atoms with Crippen molar-refractivity contribution in [2.45, 2.75) is 62.3 Å². The first-order valence-electron chi connectivity index (χ1n) is 12.3. The summed E-state index contributed by atoms with van der Waals surface area (Å²) in [5.74, 6) is 1.77. The van der Waals surface area contributed by atoms with Crippen LogP contribution in [0.25, 0.3) is 11.0 Å². The highest BCUT2D eigenvalue weighted by atomic mass is 32.2. The van der Waals surface area contributed by atoms with E-state index in [1.54, 1.807) is 12.1 Å². The quantitative estimate of drug-likeness (QED) is 0.443. The van der Waals surface area contributed by atoms with Crippen LogP contribution in [-0.2, 0) is 31.3 Å². The van der Waals surface area contributed by atoms with E-state index in [4.69, 9.17) is 9.72 Å². The van der Waals surface area contributed by atoms with Crippen LogP contribution in [0.4, 0.5) is 5.82 Å². The second-order valence-corrected chi connectivity index (χ2v) is 12.2. The molecular weight excluding hydrogens is 478 g/mol. The van der Waals surface area contributed by atoms with E-state index in [0.717, 1.165) is 43.9 Å². The molecule has 0 spiro atoms. The van der Waals surface area contributed by atoms with Gasteiger partial charge in [0.15, 0.2) is 0 Å². The molecule has 9 nitrogen and oxygen atoms in total. The number of nitrogens with zero attached hydrogens (tertiary/aromatic N) is 3. The topological polar surface area (TPSA) is 115 Å². The molecule has 1 aliphatic rings. The molecule has 3 heterocycles. The summed E-state index contributed by atoms with van der Waals surface area (Å²) in [5.41, 5.74) is 1.43. The van der Waals surface area contributed by atoms with Crippen molar-refractivity contribution in [1.29, 1.82) is 0 Å². The number of hydrogen-bond donors (Lipinski definition) is 2. The Morgan fingerprint density at radius 3 is 2.53 bits per heavy atom. The number of fused-ring (bicyclic) bond motifs is 1. The molecule has 2 aromatic heterocycles. The van der Waals surface area contributed by atoms with E-state index < -0.39 is 9.84 Å². The average molecular weight is 514 g/mol. The first-order chi connectivity index (χ1) is 17.1. The first-order valence-corrected chi connectivity index (χ1v) is 13.8. The molecule has 1 fully saturated rings. The maximum absolute atomic E-state index is 13.5. The fourth-order valence-corrected chi connectivity index (χ4v) is 5.75. The molecule has 0 unspecified atom stereocenters. The number of carbonyl (C=O) groups is 1. The van der Waals surface area contributed by atoms with E-state index in [-0.39, 0.29) is 21.1 Å². The van der Waals surface area contributed by atoms with Gasteiger partial charge < -0.3 is 19.9 Å². The van der Waals surface area contributed by atoms with Gasteiger partial charge in [-0.2, -0.15) is 0 Å². The maximum Gasteiger partial charge on any atom is 0.216 e. The molecule has 2 N–H and O–H groups in total. The molecule has 0 bridgehead atoms. The Bertz CT molecular complexity index is 1340. The van der Waals surface area contributed by atoms with Crippen molar-refractivity contribution in [1.82, 2.24) is 19.9 Å². The number of anilines is 1.